The highest BCUT2D eigenvalue weighted by Crippen LogP contribution is 2.32. The normalized spacial score (nSPS) is 13.7. The third-order valence-corrected chi connectivity index (χ3v) is 6.26. The summed E-state index contributed by atoms with van der Waals surface area (Å²) in [4.78, 5) is 2.04. The molecule has 136 valence electrons. The Morgan fingerprint density at radius 2 is 1.77 bits per heavy atom. The van der Waals surface area contributed by atoms with Crippen molar-refractivity contribution in [3.8, 4) is 0 Å². The van der Waals surface area contributed by atoms with Crippen LogP contribution < -0.4 is 4.72 Å². The van der Waals surface area contributed by atoms with E-state index in [1.165, 1.54) is 15.5 Å². The molecule has 0 aliphatic heterocycles. The highest BCUT2D eigenvalue weighted by Gasteiger charge is 2.20. The molecule has 0 saturated heterocycles. The number of thiophene rings is 1. The van der Waals surface area contributed by atoms with E-state index in [4.69, 9.17) is 0 Å². The summed E-state index contributed by atoms with van der Waals surface area (Å²) in [5.74, 6) is 0. The molecule has 2 aromatic carbocycles. The first-order valence-electron chi connectivity index (χ1n) is 8.31. The molecule has 0 radical (unpaired) electrons. The van der Waals surface area contributed by atoms with Crippen molar-refractivity contribution in [2.75, 3.05) is 20.6 Å². The molecule has 1 heterocycles. The molecular formula is C20H22N2O2S2. The van der Waals surface area contributed by atoms with E-state index in [0.717, 1.165) is 11.1 Å². The van der Waals surface area contributed by atoms with Gasteiger partial charge >= 0.3 is 0 Å². The Hall–Kier alpha value is -1.99. The van der Waals surface area contributed by atoms with Crippen molar-refractivity contribution in [3.63, 3.8) is 0 Å². The SMILES string of the molecule is CN(C)C(CNS(=O)(=O)/C=C/c1ccccc1)c1csc2ccccc12. The Bertz CT molecular complexity index is 993. The first kappa shape index (κ1) is 18.8. The maximum atomic E-state index is 12.4. The molecule has 0 amide bonds. The van der Waals surface area contributed by atoms with Gasteiger partial charge in [0.1, 0.15) is 0 Å². The van der Waals surface area contributed by atoms with Gasteiger partial charge < -0.3 is 4.90 Å². The van der Waals surface area contributed by atoms with Crippen molar-refractivity contribution in [1.82, 2.24) is 9.62 Å². The smallest absolute Gasteiger partial charge is 0.233 e. The van der Waals surface area contributed by atoms with Crippen LogP contribution in [0.3, 0.4) is 0 Å². The Morgan fingerprint density at radius 3 is 2.50 bits per heavy atom. The van der Waals surface area contributed by atoms with Crippen LogP contribution in [0.25, 0.3) is 16.2 Å². The molecule has 1 aromatic heterocycles. The Kier molecular flexibility index (Phi) is 5.88. The third-order valence-electron chi connectivity index (χ3n) is 4.21. The van der Waals surface area contributed by atoms with E-state index in [0.29, 0.717) is 6.54 Å². The topological polar surface area (TPSA) is 49.4 Å². The lowest BCUT2D eigenvalue weighted by atomic mass is 10.1. The molecule has 26 heavy (non-hydrogen) atoms. The summed E-state index contributed by atoms with van der Waals surface area (Å²) in [6.45, 7) is 0.315. The average molecular weight is 387 g/mol. The molecule has 4 nitrogen and oxygen atoms in total. The summed E-state index contributed by atoms with van der Waals surface area (Å²) in [7, 11) is 0.420. The van der Waals surface area contributed by atoms with Crippen molar-refractivity contribution < 1.29 is 8.42 Å². The van der Waals surface area contributed by atoms with E-state index in [-0.39, 0.29) is 6.04 Å². The summed E-state index contributed by atoms with van der Waals surface area (Å²) in [5, 5.41) is 4.51. The van der Waals surface area contributed by atoms with Crippen LogP contribution in [0.5, 0.6) is 0 Å². The van der Waals surface area contributed by atoms with Gasteiger partial charge in [-0.3, -0.25) is 0 Å². The summed E-state index contributed by atoms with van der Waals surface area (Å²) in [5.41, 5.74) is 2.00. The lowest BCUT2D eigenvalue weighted by Crippen LogP contribution is -2.33. The zero-order valence-corrected chi connectivity index (χ0v) is 16.4. The van der Waals surface area contributed by atoms with Crippen molar-refractivity contribution in [2.45, 2.75) is 6.04 Å². The predicted molar refractivity (Wildman–Crippen MR) is 111 cm³/mol. The maximum absolute atomic E-state index is 12.4. The average Bonchev–Trinajstić information content (AvgIpc) is 3.05. The number of sulfonamides is 1. The van der Waals surface area contributed by atoms with Crippen LogP contribution in [0.1, 0.15) is 17.2 Å². The van der Waals surface area contributed by atoms with Crippen LogP contribution in [0.4, 0.5) is 0 Å². The zero-order chi connectivity index (χ0) is 18.6. The number of nitrogens with zero attached hydrogens (tertiary/aromatic N) is 1. The van der Waals surface area contributed by atoms with Crippen LogP contribution in [0, 0.1) is 0 Å². The minimum atomic E-state index is -3.51. The predicted octanol–water partition coefficient (Wildman–Crippen LogP) is 4.09. The van der Waals surface area contributed by atoms with Crippen LogP contribution in [0.15, 0.2) is 65.4 Å². The van der Waals surface area contributed by atoms with E-state index in [1.807, 2.05) is 61.5 Å². The molecule has 0 aliphatic carbocycles. The van der Waals surface area contributed by atoms with Gasteiger partial charge in [0.05, 0.1) is 0 Å². The van der Waals surface area contributed by atoms with Crippen molar-refractivity contribution in [3.05, 3.63) is 76.5 Å². The number of fused-ring (bicyclic) bond motifs is 1. The van der Waals surface area contributed by atoms with Crippen LogP contribution in [-0.2, 0) is 10.0 Å². The van der Waals surface area contributed by atoms with Crippen LogP contribution in [-0.4, -0.2) is 34.0 Å². The Labute approximate surface area is 158 Å². The summed E-state index contributed by atoms with van der Waals surface area (Å²) < 4.78 is 28.6. The molecule has 3 aromatic rings. The van der Waals surface area contributed by atoms with Crippen molar-refractivity contribution in [2.24, 2.45) is 0 Å². The lowest BCUT2D eigenvalue weighted by Gasteiger charge is -2.24. The summed E-state index contributed by atoms with van der Waals surface area (Å²) in [6, 6.07) is 17.6. The van der Waals surface area contributed by atoms with Gasteiger partial charge in [0, 0.05) is 22.7 Å². The molecule has 0 aliphatic rings. The molecule has 0 bridgehead atoms. The monoisotopic (exact) mass is 386 g/mol. The van der Waals surface area contributed by atoms with Gasteiger partial charge in [0.25, 0.3) is 0 Å². The van der Waals surface area contributed by atoms with Gasteiger partial charge in [-0.25, -0.2) is 13.1 Å². The standard InChI is InChI=1S/C20H22N2O2S2/c1-22(2)19(18-15-25-20-11-7-6-10-17(18)20)14-21-26(23,24)13-12-16-8-4-3-5-9-16/h3-13,15,19,21H,14H2,1-2H3/b13-12+. The maximum Gasteiger partial charge on any atom is 0.233 e. The highest BCUT2D eigenvalue weighted by molar-refractivity contribution is 7.92. The van der Waals surface area contributed by atoms with E-state index in [1.54, 1.807) is 17.4 Å². The van der Waals surface area contributed by atoms with Crippen molar-refractivity contribution >= 4 is 37.5 Å². The minimum absolute atomic E-state index is 0.0361. The second-order valence-corrected chi connectivity index (χ2v) is 8.84. The van der Waals surface area contributed by atoms with Gasteiger partial charge in [0.2, 0.25) is 10.0 Å². The zero-order valence-electron chi connectivity index (χ0n) is 14.8. The van der Waals surface area contributed by atoms with Gasteiger partial charge in [0.15, 0.2) is 0 Å². The van der Waals surface area contributed by atoms with E-state index in [9.17, 15) is 8.42 Å². The van der Waals surface area contributed by atoms with Gasteiger partial charge in [-0.2, -0.15) is 0 Å². The molecule has 0 saturated carbocycles. The second kappa shape index (κ2) is 8.14. The fourth-order valence-corrected chi connectivity index (χ4v) is 4.63. The molecule has 1 N–H and O–H groups in total. The first-order chi connectivity index (χ1) is 12.5. The molecule has 6 heteroatoms. The first-order valence-corrected chi connectivity index (χ1v) is 10.7. The van der Waals surface area contributed by atoms with Crippen molar-refractivity contribution in [1.29, 1.82) is 0 Å². The third kappa shape index (κ3) is 4.59. The number of rotatable bonds is 7. The van der Waals surface area contributed by atoms with Crippen LogP contribution in [0.2, 0.25) is 0 Å². The fourth-order valence-electron chi connectivity index (χ4n) is 2.80. The number of hydrogen-bond acceptors (Lipinski definition) is 4. The molecule has 0 spiro atoms. The van der Waals surface area contributed by atoms with Crippen LogP contribution >= 0.6 is 11.3 Å². The Balaban J connectivity index is 1.76. The number of benzene rings is 2. The molecule has 1 unspecified atom stereocenters. The second-order valence-electron chi connectivity index (χ2n) is 6.27. The molecular weight excluding hydrogens is 364 g/mol. The van der Waals surface area contributed by atoms with Gasteiger partial charge in [-0.05, 0) is 48.1 Å². The van der Waals surface area contributed by atoms with Gasteiger partial charge in [-0.15, -0.1) is 11.3 Å². The number of hydrogen-bond donors (Lipinski definition) is 1. The van der Waals surface area contributed by atoms with E-state index < -0.39 is 10.0 Å². The fraction of sp³-hybridized carbons (Fsp3) is 0.200. The lowest BCUT2D eigenvalue weighted by molar-refractivity contribution is 0.302. The number of likely N-dealkylation sites (N-methyl/N-ethyl adjacent to an activating group) is 1. The van der Waals surface area contributed by atoms with E-state index in [2.05, 4.69) is 22.2 Å². The molecule has 0 fully saturated rings. The molecule has 3 rings (SSSR count). The highest BCUT2D eigenvalue weighted by atomic mass is 32.2. The number of nitrogens with one attached hydrogen (secondary N) is 1. The minimum Gasteiger partial charge on any atom is -0.301 e. The largest absolute Gasteiger partial charge is 0.301 e. The summed E-state index contributed by atoms with van der Waals surface area (Å²) in [6.07, 6.45) is 1.60. The molecule has 1 atom stereocenters. The van der Waals surface area contributed by atoms with Gasteiger partial charge in [-0.1, -0.05) is 48.5 Å². The summed E-state index contributed by atoms with van der Waals surface area (Å²) >= 11 is 1.68. The Morgan fingerprint density at radius 1 is 1.08 bits per heavy atom. The van der Waals surface area contributed by atoms with E-state index >= 15 is 0 Å². The quantitative estimate of drug-likeness (QED) is 0.665.